The SMILES string of the molecule is CC(c1cccc(-c2ncc(-n3cnnc3)cn2)c1)c1nn(-c2cnn(C)c2)ccc1=O. The second-order valence-corrected chi connectivity index (χ2v) is 7.36. The highest BCUT2D eigenvalue weighted by molar-refractivity contribution is 5.57. The van der Waals surface area contributed by atoms with E-state index in [1.54, 1.807) is 51.4 Å². The molecule has 1 unspecified atom stereocenters. The van der Waals surface area contributed by atoms with Gasteiger partial charge < -0.3 is 0 Å². The molecule has 1 atom stereocenters. The van der Waals surface area contributed by atoms with E-state index in [4.69, 9.17) is 0 Å². The molecule has 5 rings (SSSR count). The molecule has 0 bridgehead atoms. The summed E-state index contributed by atoms with van der Waals surface area (Å²) in [5.74, 6) is 0.368. The van der Waals surface area contributed by atoms with Crippen LogP contribution in [0.1, 0.15) is 24.1 Å². The molecule has 32 heavy (non-hydrogen) atoms. The van der Waals surface area contributed by atoms with Gasteiger partial charge in [-0.2, -0.15) is 10.2 Å². The lowest BCUT2D eigenvalue weighted by atomic mass is 9.95. The van der Waals surface area contributed by atoms with E-state index in [2.05, 4.69) is 30.4 Å². The summed E-state index contributed by atoms with van der Waals surface area (Å²) < 4.78 is 5.09. The summed E-state index contributed by atoms with van der Waals surface area (Å²) in [5, 5.41) is 16.3. The van der Waals surface area contributed by atoms with E-state index in [0.717, 1.165) is 22.5 Å². The van der Waals surface area contributed by atoms with Crippen LogP contribution in [0, 0.1) is 0 Å². The largest absolute Gasteiger partial charge is 0.288 e. The second kappa shape index (κ2) is 7.99. The van der Waals surface area contributed by atoms with Crippen molar-refractivity contribution in [3.05, 3.63) is 95.5 Å². The van der Waals surface area contributed by atoms with E-state index in [0.29, 0.717) is 11.5 Å². The maximum absolute atomic E-state index is 12.6. The van der Waals surface area contributed by atoms with Crippen molar-refractivity contribution in [3.63, 3.8) is 0 Å². The molecule has 0 amide bonds. The fourth-order valence-electron chi connectivity index (χ4n) is 3.44. The molecule has 4 heterocycles. The van der Waals surface area contributed by atoms with E-state index in [1.165, 1.54) is 6.07 Å². The summed E-state index contributed by atoms with van der Waals surface area (Å²) in [4.78, 5) is 21.5. The molecule has 10 nitrogen and oxygen atoms in total. The van der Waals surface area contributed by atoms with E-state index in [1.807, 2.05) is 44.4 Å². The van der Waals surface area contributed by atoms with Crippen molar-refractivity contribution >= 4 is 0 Å². The molecule has 0 fully saturated rings. The predicted molar refractivity (Wildman–Crippen MR) is 117 cm³/mol. The van der Waals surface area contributed by atoms with E-state index in [-0.39, 0.29) is 11.3 Å². The molecule has 0 aliphatic carbocycles. The standard InChI is InChI=1S/C22H19N9O/c1-15(21-20(32)6-7-31(28-21)19-11-27-29(2)12-19)16-4-3-5-17(8-16)22-23-9-18(10-24-22)30-13-25-26-14-30/h3-15H,1-2H3. The fraction of sp³-hybridized carbons (Fsp3) is 0.136. The summed E-state index contributed by atoms with van der Waals surface area (Å²) in [6, 6.07) is 9.36. The van der Waals surface area contributed by atoms with E-state index >= 15 is 0 Å². The van der Waals surface area contributed by atoms with Crippen LogP contribution in [-0.2, 0) is 7.05 Å². The minimum Gasteiger partial charge on any atom is -0.288 e. The molecule has 10 heteroatoms. The highest BCUT2D eigenvalue weighted by Crippen LogP contribution is 2.25. The van der Waals surface area contributed by atoms with Crippen molar-refractivity contribution in [3.8, 4) is 22.8 Å². The Bertz CT molecular complexity index is 1420. The maximum atomic E-state index is 12.6. The van der Waals surface area contributed by atoms with Crippen LogP contribution in [0.3, 0.4) is 0 Å². The Balaban J connectivity index is 1.46. The summed E-state index contributed by atoms with van der Waals surface area (Å²) >= 11 is 0. The first kappa shape index (κ1) is 19.5. The lowest BCUT2D eigenvalue weighted by Gasteiger charge is -2.13. The van der Waals surface area contributed by atoms with Gasteiger partial charge >= 0.3 is 0 Å². The van der Waals surface area contributed by atoms with E-state index < -0.39 is 0 Å². The predicted octanol–water partition coefficient (Wildman–Crippen LogP) is 2.16. The first-order valence-corrected chi connectivity index (χ1v) is 9.95. The van der Waals surface area contributed by atoms with E-state index in [9.17, 15) is 4.79 Å². The van der Waals surface area contributed by atoms with Gasteiger partial charge in [0.2, 0.25) is 5.43 Å². The third-order valence-corrected chi connectivity index (χ3v) is 5.20. The van der Waals surface area contributed by atoms with Crippen LogP contribution in [0.4, 0.5) is 0 Å². The molecule has 0 aliphatic heterocycles. The molecule has 0 saturated carbocycles. The number of hydrogen-bond acceptors (Lipinski definition) is 7. The van der Waals surface area contributed by atoms with Crippen molar-refractivity contribution in [1.29, 1.82) is 0 Å². The van der Waals surface area contributed by atoms with Crippen LogP contribution in [0.5, 0.6) is 0 Å². The Morgan fingerprint density at radius 3 is 2.47 bits per heavy atom. The fourth-order valence-corrected chi connectivity index (χ4v) is 3.44. The van der Waals surface area contributed by atoms with Gasteiger partial charge in [-0.1, -0.05) is 25.1 Å². The molecule has 0 N–H and O–H groups in total. The van der Waals surface area contributed by atoms with Crippen molar-refractivity contribution in [2.75, 3.05) is 0 Å². The minimum absolute atomic E-state index is 0.113. The Morgan fingerprint density at radius 1 is 0.969 bits per heavy atom. The summed E-state index contributed by atoms with van der Waals surface area (Å²) in [6.45, 7) is 1.96. The van der Waals surface area contributed by atoms with Crippen molar-refractivity contribution < 1.29 is 0 Å². The molecule has 158 valence electrons. The van der Waals surface area contributed by atoms with Crippen LogP contribution in [0.15, 0.2) is 78.8 Å². The van der Waals surface area contributed by atoms with Crippen LogP contribution in [-0.4, -0.2) is 44.3 Å². The molecule has 4 aromatic heterocycles. The number of nitrogens with zero attached hydrogens (tertiary/aromatic N) is 9. The quantitative estimate of drug-likeness (QED) is 0.424. The summed E-state index contributed by atoms with van der Waals surface area (Å²) in [7, 11) is 1.84. The van der Waals surface area contributed by atoms with Gasteiger partial charge in [0.05, 0.1) is 30.5 Å². The van der Waals surface area contributed by atoms with Gasteiger partial charge in [-0.3, -0.25) is 14.0 Å². The highest BCUT2D eigenvalue weighted by Gasteiger charge is 2.16. The zero-order valence-corrected chi connectivity index (χ0v) is 17.4. The molecular formula is C22H19N9O. The Kier molecular flexibility index (Phi) is 4.86. The normalized spacial score (nSPS) is 12.1. The summed E-state index contributed by atoms with van der Waals surface area (Å²) in [5.41, 5.74) is 3.70. The van der Waals surface area contributed by atoms with Crippen LogP contribution >= 0.6 is 0 Å². The maximum Gasteiger partial charge on any atom is 0.203 e. The van der Waals surface area contributed by atoms with Crippen LogP contribution < -0.4 is 5.43 Å². The zero-order valence-electron chi connectivity index (χ0n) is 17.4. The summed E-state index contributed by atoms with van der Waals surface area (Å²) in [6.07, 6.45) is 11.8. The first-order valence-electron chi connectivity index (χ1n) is 9.95. The smallest absolute Gasteiger partial charge is 0.203 e. The number of benzene rings is 1. The Labute approximate surface area is 182 Å². The Hall–Kier alpha value is -4.47. The monoisotopic (exact) mass is 425 g/mol. The molecule has 1 aromatic carbocycles. The number of aryl methyl sites for hydroxylation is 1. The second-order valence-electron chi connectivity index (χ2n) is 7.36. The van der Waals surface area contributed by atoms with Crippen LogP contribution in [0.25, 0.3) is 22.8 Å². The minimum atomic E-state index is -0.220. The average Bonchev–Trinajstić information content (AvgIpc) is 3.51. The third kappa shape index (κ3) is 3.69. The molecule has 0 spiro atoms. The Morgan fingerprint density at radius 2 is 1.75 bits per heavy atom. The lowest BCUT2D eigenvalue weighted by molar-refractivity contribution is 0.738. The zero-order chi connectivity index (χ0) is 22.1. The van der Waals surface area contributed by atoms with Gasteiger partial charge in [0.15, 0.2) is 5.82 Å². The van der Waals surface area contributed by atoms with Crippen molar-refractivity contribution in [1.82, 2.24) is 44.3 Å². The van der Waals surface area contributed by atoms with Gasteiger partial charge in [0, 0.05) is 30.8 Å². The number of hydrogen-bond donors (Lipinski definition) is 0. The topological polar surface area (TPSA) is 109 Å². The van der Waals surface area contributed by atoms with Gasteiger partial charge in [0.1, 0.15) is 24.0 Å². The third-order valence-electron chi connectivity index (χ3n) is 5.20. The molecular weight excluding hydrogens is 406 g/mol. The molecule has 0 radical (unpaired) electrons. The molecule has 0 aliphatic rings. The first-order chi connectivity index (χ1) is 15.6. The highest BCUT2D eigenvalue weighted by atomic mass is 16.1. The molecule has 0 saturated heterocycles. The van der Waals surface area contributed by atoms with Crippen molar-refractivity contribution in [2.24, 2.45) is 7.05 Å². The molecule has 5 aromatic rings. The van der Waals surface area contributed by atoms with Gasteiger partial charge in [-0.05, 0) is 11.6 Å². The average molecular weight is 425 g/mol. The number of aromatic nitrogens is 9. The van der Waals surface area contributed by atoms with Gasteiger partial charge in [-0.15, -0.1) is 10.2 Å². The van der Waals surface area contributed by atoms with Gasteiger partial charge in [0.25, 0.3) is 0 Å². The van der Waals surface area contributed by atoms with Gasteiger partial charge in [-0.25, -0.2) is 14.6 Å². The van der Waals surface area contributed by atoms with Crippen molar-refractivity contribution in [2.45, 2.75) is 12.8 Å². The number of rotatable bonds is 5. The lowest BCUT2D eigenvalue weighted by Crippen LogP contribution is -2.18. The van der Waals surface area contributed by atoms with Crippen LogP contribution in [0.2, 0.25) is 0 Å².